The van der Waals surface area contributed by atoms with Crippen molar-refractivity contribution in [2.45, 2.75) is 375 Å². The number of ether oxygens (including phenoxy) is 4. The molecule has 0 aliphatic rings. The van der Waals surface area contributed by atoms with Crippen molar-refractivity contribution in [2.75, 3.05) is 39.6 Å². The summed E-state index contributed by atoms with van der Waals surface area (Å²) in [6, 6.07) is 0. The third-order valence-electron chi connectivity index (χ3n) is 17.1. The lowest BCUT2D eigenvalue weighted by Gasteiger charge is -2.21. The Morgan fingerprint density at radius 1 is 0.322 bits per heavy atom. The monoisotopic (exact) mass is 1320 g/mol. The van der Waals surface area contributed by atoms with E-state index in [1.807, 2.05) is 0 Å². The van der Waals surface area contributed by atoms with Gasteiger partial charge in [-0.05, 0) is 43.4 Å². The predicted molar refractivity (Wildman–Crippen MR) is 363 cm³/mol. The van der Waals surface area contributed by atoms with Crippen LogP contribution in [0.4, 0.5) is 0 Å². The number of phosphoric ester groups is 2. The summed E-state index contributed by atoms with van der Waals surface area (Å²) >= 11 is 0. The van der Waals surface area contributed by atoms with E-state index in [4.69, 9.17) is 37.0 Å². The Morgan fingerprint density at radius 2 is 0.567 bits per heavy atom. The van der Waals surface area contributed by atoms with Crippen LogP contribution in [0.25, 0.3) is 0 Å². The van der Waals surface area contributed by atoms with Crippen LogP contribution in [0.15, 0.2) is 0 Å². The maximum atomic E-state index is 13.0. The highest BCUT2D eigenvalue weighted by molar-refractivity contribution is 7.47. The van der Waals surface area contributed by atoms with Crippen molar-refractivity contribution in [3.63, 3.8) is 0 Å². The lowest BCUT2D eigenvalue weighted by molar-refractivity contribution is -0.161. The number of carbonyl (C=O) groups is 4. The Hall–Kier alpha value is -1.94. The summed E-state index contributed by atoms with van der Waals surface area (Å²) in [5, 5.41) is 10.6. The second-order valence-electron chi connectivity index (χ2n) is 26.6. The van der Waals surface area contributed by atoms with Crippen LogP contribution in [0, 0.1) is 17.8 Å². The van der Waals surface area contributed by atoms with Crippen LogP contribution in [0.3, 0.4) is 0 Å². The molecule has 534 valence electrons. The number of rotatable bonds is 69. The molecule has 0 aliphatic heterocycles. The summed E-state index contributed by atoms with van der Waals surface area (Å²) in [5.41, 5.74) is 0. The summed E-state index contributed by atoms with van der Waals surface area (Å²) in [4.78, 5) is 72.5. The van der Waals surface area contributed by atoms with E-state index in [0.717, 1.165) is 102 Å². The number of carbonyl (C=O) groups excluding carboxylic acids is 4. The van der Waals surface area contributed by atoms with Gasteiger partial charge in [0.2, 0.25) is 0 Å². The van der Waals surface area contributed by atoms with Gasteiger partial charge < -0.3 is 33.8 Å². The maximum absolute atomic E-state index is 13.0. The molecular weight excluding hydrogens is 1190 g/mol. The first-order valence-corrected chi connectivity index (χ1v) is 39.9. The third kappa shape index (κ3) is 62.2. The summed E-state index contributed by atoms with van der Waals surface area (Å²) in [7, 11) is -9.90. The molecule has 0 aromatic heterocycles. The fourth-order valence-corrected chi connectivity index (χ4v) is 12.2. The van der Waals surface area contributed by atoms with Gasteiger partial charge in [0.25, 0.3) is 0 Å². The van der Waals surface area contributed by atoms with Gasteiger partial charge in [-0.25, -0.2) is 9.13 Å². The minimum atomic E-state index is -4.95. The Bertz CT molecular complexity index is 1770. The fraction of sp³-hybridized carbons (Fsp3) is 0.944. The standard InChI is InChI=1S/C71H138O17P2/c1-8-11-12-13-14-23-30-38-45-52-68(73)81-59-67(88-71(76)55-48-41-34-33-35-42-49-62(4)5)61-86-90(79,80)84-57-65(72)56-83-89(77,78)85-60-66(58-82-69(74)53-46-39-31-26-22-21-25-29-37-44-51-64(7)10-3)87-70(75)54-47-40-32-27-20-18-16-15-17-19-24-28-36-43-50-63(6)9-2/h62-67,72H,8-61H2,1-7H3,(H,77,78)(H,79,80)/t63?,64?,65-,66-,67-/m1/s1. The lowest BCUT2D eigenvalue weighted by atomic mass is 9.99. The molecule has 0 spiro atoms. The largest absolute Gasteiger partial charge is 0.472 e. The molecule has 0 amide bonds. The van der Waals surface area contributed by atoms with Crippen molar-refractivity contribution >= 4 is 39.5 Å². The van der Waals surface area contributed by atoms with Crippen molar-refractivity contribution in [3.8, 4) is 0 Å². The number of aliphatic hydroxyl groups is 1. The van der Waals surface area contributed by atoms with Crippen LogP contribution in [-0.2, 0) is 65.4 Å². The zero-order chi connectivity index (χ0) is 66.6. The average Bonchev–Trinajstić information content (AvgIpc) is 2.51. The summed E-state index contributed by atoms with van der Waals surface area (Å²) in [5.74, 6) is 0.195. The molecule has 17 nitrogen and oxygen atoms in total. The van der Waals surface area contributed by atoms with Crippen molar-refractivity contribution in [1.29, 1.82) is 0 Å². The molecular formula is C71H138O17P2. The van der Waals surface area contributed by atoms with Gasteiger partial charge in [-0.1, -0.05) is 305 Å². The molecule has 0 fully saturated rings. The molecule has 0 saturated heterocycles. The molecule has 7 atom stereocenters. The van der Waals surface area contributed by atoms with E-state index in [1.54, 1.807) is 0 Å². The molecule has 3 N–H and O–H groups in total. The highest BCUT2D eigenvalue weighted by Gasteiger charge is 2.30. The van der Waals surface area contributed by atoms with Crippen LogP contribution >= 0.6 is 15.6 Å². The molecule has 0 aromatic rings. The van der Waals surface area contributed by atoms with E-state index >= 15 is 0 Å². The zero-order valence-electron chi connectivity index (χ0n) is 58.6. The first-order valence-electron chi connectivity index (χ1n) is 36.9. The quantitative estimate of drug-likeness (QED) is 0.0222. The maximum Gasteiger partial charge on any atom is 0.472 e. The van der Waals surface area contributed by atoms with Gasteiger partial charge >= 0.3 is 39.5 Å². The molecule has 0 aliphatic carbocycles. The topological polar surface area (TPSA) is 237 Å². The van der Waals surface area contributed by atoms with E-state index < -0.39 is 97.5 Å². The second-order valence-corrected chi connectivity index (χ2v) is 29.5. The molecule has 0 rings (SSSR count). The lowest BCUT2D eigenvalue weighted by Crippen LogP contribution is -2.30. The van der Waals surface area contributed by atoms with Crippen LogP contribution in [0.2, 0.25) is 0 Å². The Morgan fingerprint density at radius 3 is 0.844 bits per heavy atom. The Labute approximate surface area is 549 Å². The summed E-state index contributed by atoms with van der Waals surface area (Å²) < 4.78 is 68.2. The number of esters is 4. The van der Waals surface area contributed by atoms with E-state index in [9.17, 15) is 43.2 Å². The van der Waals surface area contributed by atoms with Gasteiger partial charge in [0.1, 0.15) is 19.3 Å². The molecule has 0 heterocycles. The van der Waals surface area contributed by atoms with Gasteiger partial charge in [-0.3, -0.25) is 37.3 Å². The number of hydrogen-bond acceptors (Lipinski definition) is 15. The smallest absolute Gasteiger partial charge is 0.462 e. The average molecular weight is 1330 g/mol. The molecule has 0 radical (unpaired) electrons. The van der Waals surface area contributed by atoms with Crippen molar-refractivity contribution in [1.82, 2.24) is 0 Å². The molecule has 0 bridgehead atoms. The number of unbranched alkanes of at least 4 members (excludes halogenated alkanes) is 35. The predicted octanol–water partition coefficient (Wildman–Crippen LogP) is 20.2. The SMILES string of the molecule is CCCCCCCCCCCC(=O)OC[C@H](COP(=O)(O)OC[C@H](O)COP(=O)(O)OC[C@@H](COC(=O)CCCCCCCCCCCCC(C)CC)OC(=O)CCCCCCCCCCCCCCCCC(C)CC)OC(=O)CCCCCCCCC(C)C. The highest BCUT2D eigenvalue weighted by Crippen LogP contribution is 2.45. The normalized spacial score (nSPS) is 14.8. The number of phosphoric acid groups is 2. The minimum Gasteiger partial charge on any atom is -0.462 e. The van der Waals surface area contributed by atoms with E-state index in [0.29, 0.717) is 31.6 Å². The van der Waals surface area contributed by atoms with E-state index in [1.165, 1.54) is 167 Å². The van der Waals surface area contributed by atoms with Crippen LogP contribution in [0.1, 0.15) is 357 Å². The van der Waals surface area contributed by atoms with E-state index in [2.05, 4.69) is 48.5 Å². The minimum absolute atomic E-state index is 0.102. The van der Waals surface area contributed by atoms with Crippen molar-refractivity contribution in [2.24, 2.45) is 17.8 Å². The van der Waals surface area contributed by atoms with Crippen molar-refractivity contribution < 1.29 is 80.2 Å². The van der Waals surface area contributed by atoms with Gasteiger partial charge in [0, 0.05) is 25.7 Å². The molecule has 90 heavy (non-hydrogen) atoms. The molecule has 19 heteroatoms. The Kier molecular flexibility index (Phi) is 60.6. The summed E-state index contributed by atoms with van der Waals surface area (Å²) in [6.07, 6.45) is 45.9. The van der Waals surface area contributed by atoms with Crippen LogP contribution in [0.5, 0.6) is 0 Å². The fourth-order valence-electron chi connectivity index (χ4n) is 10.7. The van der Waals surface area contributed by atoms with Gasteiger partial charge in [-0.2, -0.15) is 0 Å². The van der Waals surface area contributed by atoms with Crippen molar-refractivity contribution in [3.05, 3.63) is 0 Å². The van der Waals surface area contributed by atoms with Gasteiger partial charge in [0.15, 0.2) is 12.2 Å². The second kappa shape index (κ2) is 61.9. The van der Waals surface area contributed by atoms with Crippen LogP contribution in [-0.4, -0.2) is 96.7 Å². The molecule has 4 unspecified atom stereocenters. The number of aliphatic hydroxyl groups excluding tert-OH is 1. The number of hydrogen-bond donors (Lipinski definition) is 3. The van der Waals surface area contributed by atoms with Gasteiger partial charge in [-0.15, -0.1) is 0 Å². The first kappa shape index (κ1) is 88.1. The molecule has 0 aromatic carbocycles. The Balaban J connectivity index is 5.22. The molecule has 0 saturated carbocycles. The first-order chi connectivity index (χ1) is 43.3. The van der Waals surface area contributed by atoms with Crippen LogP contribution < -0.4 is 0 Å². The third-order valence-corrected chi connectivity index (χ3v) is 19.0. The highest BCUT2D eigenvalue weighted by atomic mass is 31.2. The summed E-state index contributed by atoms with van der Waals surface area (Å²) in [6.45, 7) is 11.8. The van der Waals surface area contributed by atoms with Gasteiger partial charge in [0.05, 0.1) is 26.4 Å². The zero-order valence-corrected chi connectivity index (χ0v) is 60.4. The van der Waals surface area contributed by atoms with E-state index in [-0.39, 0.29) is 25.7 Å².